The zero-order chi connectivity index (χ0) is 11.8. The number of ether oxygens (including phenoxy) is 1. The molecule has 2 rings (SSSR count). The normalized spacial score (nSPS) is 28.6. The van der Waals surface area contributed by atoms with Crippen LogP contribution in [0.4, 0.5) is 0 Å². The van der Waals surface area contributed by atoms with Crippen LogP contribution in [0, 0.1) is 11.8 Å². The van der Waals surface area contributed by atoms with Crippen molar-refractivity contribution in [3.63, 3.8) is 0 Å². The summed E-state index contributed by atoms with van der Waals surface area (Å²) in [6.07, 6.45) is 1.78. The van der Waals surface area contributed by atoms with E-state index in [1.807, 2.05) is 20.8 Å². The van der Waals surface area contributed by atoms with Crippen molar-refractivity contribution in [3.8, 4) is 0 Å². The van der Waals surface area contributed by atoms with Gasteiger partial charge in [-0.1, -0.05) is 0 Å². The summed E-state index contributed by atoms with van der Waals surface area (Å²) in [6, 6.07) is 0. The lowest BCUT2D eigenvalue weighted by atomic mass is 9.89. The van der Waals surface area contributed by atoms with Gasteiger partial charge in [0.15, 0.2) is 0 Å². The number of carbonyl (C=O) groups excluding carboxylic acids is 1. The van der Waals surface area contributed by atoms with E-state index < -0.39 is 5.60 Å². The van der Waals surface area contributed by atoms with Gasteiger partial charge in [0.25, 0.3) is 0 Å². The van der Waals surface area contributed by atoms with E-state index in [4.69, 9.17) is 4.74 Å². The Hall–Kier alpha value is -1.23. The first-order valence-electron chi connectivity index (χ1n) is 5.52. The zero-order valence-corrected chi connectivity index (χ0v) is 9.86. The van der Waals surface area contributed by atoms with Crippen molar-refractivity contribution in [2.24, 2.45) is 22.0 Å². The predicted molar refractivity (Wildman–Crippen MR) is 61.6 cm³/mol. The maximum absolute atomic E-state index is 12.0. The van der Waals surface area contributed by atoms with Gasteiger partial charge in [-0.15, -0.1) is 0 Å². The molecule has 16 heavy (non-hydrogen) atoms. The van der Waals surface area contributed by atoms with Crippen molar-refractivity contribution in [1.29, 1.82) is 0 Å². The average molecular weight is 223 g/mol. The van der Waals surface area contributed by atoms with Crippen molar-refractivity contribution in [2.75, 3.05) is 13.1 Å². The molecule has 0 aromatic carbocycles. The summed E-state index contributed by atoms with van der Waals surface area (Å²) in [6.45, 7) is 7.00. The Morgan fingerprint density at radius 3 is 2.94 bits per heavy atom. The van der Waals surface area contributed by atoms with Gasteiger partial charge in [0.05, 0.1) is 5.71 Å². The van der Waals surface area contributed by atoms with E-state index in [0.717, 1.165) is 12.3 Å². The maximum Gasteiger partial charge on any atom is 0.316 e. The first-order chi connectivity index (χ1) is 7.47. The van der Waals surface area contributed by atoms with Crippen LogP contribution < -0.4 is 5.32 Å². The molecule has 0 aromatic rings. The van der Waals surface area contributed by atoms with Crippen LogP contribution in [0.5, 0.6) is 0 Å². The maximum atomic E-state index is 12.0. The molecule has 0 saturated carbocycles. The van der Waals surface area contributed by atoms with Gasteiger partial charge < -0.3 is 10.1 Å². The smallest absolute Gasteiger partial charge is 0.316 e. The van der Waals surface area contributed by atoms with Gasteiger partial charge in [-0.25, -0.2) is 0 Å². The lowest BCUT2D eigenvalue weighted by Crippen LogP contribution is -2.48. The third kappa shape index (κ3) is 2.29. The van der Waals surface area contributed by atoms with Gasteiger partial charge in [0, 0.05) is 25.2 Å². The minimum absolute atomic E-state index is 0.159. The lowest BCUT2D eigenvalue weighted by molar-refractivity contribution is -0.157. The van der Waals surface area contributed by atoms with Gasteiger partial charge >= 0.3 is 5.97 Å². The quantitative estimate of drug-likeness (QED) is 0.662. The molecule has 1 saturated heterocycles. The van der Waals surface area contributed by atoms with E-state index in [1.165, 1.54) is 0 Å². The number of fused-ring (bicyclic) bond motifs is 1. The van der Waals surface area contributed by atoms with Crippen LogP contribution in [0.25, 0.3) is 0 Å². The summed E-state index contributed by atoms with van der Waals surface area (Å²) in [5.74, 6) is -0.347. The van der Waals surface area contributed by atoms with Crippen LogP contribution in [0.3, 0.4) is 0 Å². The molecule has 0 amide bonds. The topological polar surface area (TPSA) is 63.0 Å². The number of hydrogen-bond acceptors (Lipinski definition) is 5. The molecule has 88 valence electrons. The second-order valence-corrected chi connectivity index (χ2v) is 5.14. The van der Waals surface area contributed by atoms with Crippen LogP contribution >= 0.6 is 0 Å². The highest BCUT2D eigenvalue weighted by Gasteiger charge is 2.37. The fraction of sp³-hybridized carbons (Fsp3) is 0.727. The van der Waals surface area contributed by atoms with E-state index in [0.29, 0.717) is 6.54 Å². The molecule has 2 aliphatic heterocycles. The number of nitrogens with zero attached hydrogens (tertiary/aromatic N) is 2. The molecule has 1 N–H and O–H groups in total. The Balaban J connectivity index is 2.06. The van der Waals surface area contributed by atoms with Crippen molar-refractivity contribution < 1.29 is 9.53 Å². The molecule has 0 aromatic heterocycles. The molecule has 5 heteroatoms. The minimum atomic E-state index is -0.454. The van der Waals surface area contributed by atoms with Crippen molar-refractivity contribution in [1.82, 2.24) is 5.32 Å². The summed E-state index contributed by atoms with van der Waals surface area (Å²) < 4.78 is 5.37. The van der Waals surface area contributed by atoms with Crippen LogP contribution in [-0.4, -0.2) is 36.6 Å². The average Bonchev–Trinajstić information content (AvgIpc) is 2.61. The third-order valence-corrected chi connectivity index (χ3v) is 2.56. The predicted octanol–water partition coefficient (Wildman–Crippen LogP) is 0.604. The van der Waals surface area contributed by atoms with Gasteiger partial charge in [-0.2, -0.15) is 10.2 Å². The molecule has 2 unspecified atom stereocenters. The Labute approximate surface area is 95.0 Å². The second kappa shape index (κ2) is 3.97. The highest BCUT2D eigenvalue weighted by atomic mass is 16.6. The van der Waals surface area contributed by atoms with Crippen LogP contribution in [0.1, 0.15) is 20.8 Å². The number of piperidine rings is 1. The zero-order valence-electron chi connectivity index (χ0n) is 9.86. The lowest BCUT2D eigenvalue weighted by Gasteiger charge is -2.29. The number of hydrogen-bond donors (Lipinski definition) is 1. The molecule has 2 heterocycles. The SMILES string of the molecule is CC(C)(C)OC(=O)C1CNCC2C=NN=C21. The fourth-order valence-electron chi connectivity index (χ4n) is 1.88. The Bertz CT molecular complexity index is 355. The van der Waals surface area contributed by atoms with Gasteiger partial charge in [-0.05, 0) is 20.8 Å². The van der Waals surface area contributed by atoms with E-state index in [-0.39, 0.29) is 17.8 Å². The number of rotatable bonds is 1. The van der Waals surface area contributed by atoms with Gasteiger partial charge in [-0.3, -0.25) is 4.79 Å². The molecule has 0 spiro atoms. The molecule has 2 atom stereocenters. The molecule has 0 bridgehead atoms. The van der Waals surface area contributed by atoms with E-state index >= 15 is 0 Å². The van der Waals surface area contributed by atoms with E-state index in [9.17, 15) is 4.79 Å². The molecule has 5 nitrogen and oxygen atoms in total. The van der Waals surface area contributed by atoms with Crippen molar-refractivity contribution in [2.45, 2.75) is 26.4 Å². The van der Waals surface area contributed by atoms with Crippen molar-refractivity contribution in [3.05, 3.63) is 0 Å². The van der Waals surface area contributed by atoms with Crippen LogP contribution in [-0.2, 0) is 9.53 Å². The van der Waals surface area contributed by atoms with E-state index in [2.05, 4.69) is 15.5 Å². The monoisotopic (exact) mass is 223 g/mol. The summed E-state index contributed by atoms with van der Waals surface area (Å²) in [5, 5.41) is 11.1. The first-order valence-corrected chi connectivity index (χ1v) is 5.52. The highest BCUT2D eigenvalue weighted by Crippen LogP contribution is 2.20. The molecule has 0 radical (unpaired) electrons. The highest BCUT2D eigenvalue weighted by molar-refractivity contribution is 6.12. The largest absolute Gasteiger partial charge is 0.459 e. The molecule has 0 aliphatic carbocycles. The summed E-state index contributed by atoms with van der Waals surface area (Å²) in [5.41, 5.74) is 0.386. The van der Waals surface area contributed by atoms with Crippen LogP contribution in [0.15, 0.2) is 10.2 Å². The van der Waals surface area contributed by atoms with Crippen LogP contribution in [0.2, 0.25) is 0 Å². The Kier molecular flexibility index (Phi) is 2.80. The number of esters is 1. The van der Waals surface area contributed by atoms with Gasteiger partial charge in [0.2, 0.25) is 0 Å². The third-order valence-electron chi connectivity index (χ3n) is 2.56. The van der Waals surface area contributed by atoms with E-state index in [1.54, 1.807) is 6.21 Å². The second-order valence-electron chi connectivity index (χ2n) is 5.14. The number of carbonyl (C=O) groups is 1. The Morgan fingerprint density at radius 2 is 2.25 bits per heavy atom. The Morgan fingerprint density at radius 1 is 1.50 bits per heavy atom. The summed E-state index contributed by atoms with van der Waals surface area (Å²) in [7, 11) is 0. The standard InChI is InChI=1S/C11H17N3O2/c1-11(2,3)16-10(15)8-6-12-4-7-5-13-14-9(7)8/h5,7-8,12H,4,6H2,1-3H3. The molecule has 2 aliphatic rings. The first kappa shape index (κ1) is 11.3. The molecular formula is C11H17N3O2. The summed E-state index contributed by atoms with van der Waals surface area (Å²) in [4.78, 5) is 12.0. The minimum Gasteiger partial charge on any atom is -0.459 e. The molecule has 1 fully saturated rings. The fourth-order valence-corrected chi connectivity index (χ4v) is 1.88. The number of nitrogens with one attached hydrogen (secondary N) is 1. The van der Waals surface area contributed by atoms with Gasteiger partial charge in [0.1, 0.15) is 11.5 Å². The molecular weight excluding hydrogens is 206 g/mol. The summed E-state index contributed by atoms with van der Waals surface area (Å²) >= 11 is 0. The van der Waals surface area contributed by atoms with Crippen molar-refractivity contribution >= 4 is 17.9 Å².